The molecule has 0 amide bonds. The highest BCUT2D eigenvalue weighted by Gasteiger charge is 2.24. The first-order valence-electron chi connectivity index (χ1n) is 9.87. The molecule has 0 unspecified atom stereocenters. The van der Waals surface area contributed by atoms with Crippen molar-refractivity contribution >= 4 is 39.1 Å². The first kappa shape index (κ1) is 17.9. The predicted molar refractivity (Wildman–Crippen MR) is 116 cm³/mol. The molecule has 7 heteroatoms. The number of rotatable bonds is 5. The van der Waals surface area contributed by atoms with Crippen molar-refractivity contribution in [3.05, 3.63) is 56.7 Å². The van der Waals surface area contributed by atoms with E-state index >= 15 is 0 Å². The molecular formula is C21H22N4OS2. The fraction of sp³-hybridized carbons (Fsp3) is 0.381. The lowest BCUT2D eigenvalue weighted by atomic mass is 9.97. The Morgan fingerprint density at radius 3 is 2.79 bits per heavy atom. The van der Waals surface area contributed by atoms with Gasteiger partial charge in [-0.25, -0.2) is 4.40 Å². The maximum absolute atomic E-state index is 13.5. The number of hydrogen-bond acceptors (Lipinski definition) is 5. The standard InChI is InChI=1S/C21H22N4OS2/c1-2-27-21-23-22-20-24(13-12-14-8-4-3-5-9-14)18(26)17-15-10-6-7-11-16(15)28-19(17)25(20)21/h3-5,8-9H,2,6-7,10-13H2,1H3. The third kappa shape index (κ3) is 2.88. The number of thioether (sulfide) groups is 1. The van der Waals surface area contributed by atoms with Crippen LogP contribution < -0.4 is 5.56 Å². The highest BCUT2D eigenvalue weighted by atomic mass is 32.2. The van der Waals surface area contributed by atoms with Crippen LogP contribution >= 0.6 is 23.1 Å². The molecule has 1 aliphatic carbocycles. The summed E-state index contributed by atoms with van der Waals surface area (Å²) in [7, 11) is 0. The minimum absolute atomic E-state index is 0.0956. The third-order valence-corrected chi connectivity index (χ3v) is 7.50. The van der Waals surface area contributed by atoms with Crippen LogP contribution in [-0.4, -0.2) is 24.9 Å². The molecule has 0 spiro atoms. The summed E-state index contributed by atoms with van der Waals surface area (Å²) in [6.07, 6.45) is 5.27. The van der Waals surface area contributed by atoms with E-state index in [2.05, 4.69) is 33.7 Å². The van der Waals surface area contributed by atoms with Gasteiger partial charge in [0.1, 0.15) is 4.83 Å². The first-order chi connectivity index (χ1) is 13.8. The lowest BCUT2D eigenvalue weighted by molar-refractivity contribution is 0.673. The molecule has 3 heterocycles. The Morgan fingerprint density at radius 1 is 1.14 bits per heavy atom. The molecule has 0 aliphatic heterocycles. The molecule has 3 aromatic heterocycles. The minimum atomic E-state index is 0.0956. The minimum Gasteiger partial charge on any atom is -0.276 e. The molecule has 1 aromatic carbocycles. The SMILES string of the molecule is CCSc1nnc2n(CCc3ccccc3)c(=O)c3c4c(sc3n12)CCCC4. The van der Waals surface area contributed by atoms with Crippen LogP contribution in [0, 0.1) is 0 Å². The molecule has 0 saturated heterocycles. The van der Waals surface area contributed by atoms with Gasteiger partial charge >= 0.3 is 0 Å². The number of benzene rings is 1. The second-order valence-corrected chi connectivity index (χ2v) is 9.45. The monoisotopic (exact) mass is 410 g/mol. The molecule has 0 saturated carbocycles. The zero-order valence-corrected chi connectivity index (χ0v) is 17.5. The summed E-state index contributed by atoms with van der Waals surface area (Å²) in [5, 5.41) is 10.6. The van der Waals surface area contributed by atoms with Crippen molar-refractivity contribution in [3.8, 4) is 0 Å². The topological polar surface area (TPSA) is 52.2 Å². The summed E-state index contributed by atoms with van der Waals surface area (Å²) < 4.78 is 3.96. The lowest BCUT2D eigenvalue weighted by Gasteiger charge is -2.12. The Labute approximate surface area is 171 Å². The van der Waals surface area contributed by atoms with E-state index in [-0.39, 0.29) is 5.56 Å². The fourth-order valence-corrected chi connectivity index (χ4v) is 6.18. The highest BCUT2D eigenvalue weighted by molar-refractivity contribution is 7.99. The number of thiophene rings is 1. The molecule has 4 aromatic rings. The Kier molecular flexibility index (Phi) is 4.72. The van der Waals surface area contributed by atoms with Gasteiger partial charge in [0.15, 0.2) is 5.16 Å². The lowest BCUT2D eigenvalue weighted by Crippen LogP contribution is -2.24. The summed E-state index contributed by atoms with van der Waals surface area (Å²) in [4.78, 5) is 16.0. The molecule has 144 valence electrons. The van der Waals surface area contributed by atoms with Gasteiger partial charge < -0.3 is 0 Å². The molecular weight excluding hydrogens is 388 g/mol. The molecule has 0 N–H and O–H groups in total. The van der Waals surface area contributed by atoms with Crippen LogP contribution in [0.25, 0.3) is 16.0 Å². The van der Waals surface area contributed by atoms with E-state index in [1.54, 1.807) is 23.1 Å². The van der Waals surface area contributed by atoms with Crippen LogP contribution in [0.15, 0.2) is 40.3 Å². The van der Waals surface area contributed by atoms with Gasteiger partial charge in [0, 0.05) is 11.4 Å². The number of hydrogen-bond donors (Lipinski definition) is 0. The number of nitrogens with zero attached hydrogens (tertiary/aromatic N) is 4. The Balaban J connectivity index is 1.73. The van der Waals surface area contributed by atoms with Crippen LogP contribution in [0.2, 0.25) is 0 Å². The van der Waals surface area contributed by atoms with Crippen LogP contribution in [0.1, 0.15) is 35.8 Å². The van der Waals surface area contributed by atoms with Crippen molar-refractivity contribution < 1.29 is 0 Å². The van der Waals surface area contributed by atoms with Gasteiger partial charge in [0.2, 0.25) is 5.78 Å². The number of aryl methyl sites for hydroxylation is 4. The summed E-state index contributed by atoms with van der Waals surface area (Å²) in [5.74, 6) is 1.60. The van der Waals surface area contributed by atoms with E-state index in [9.17, 15) is 4.79 Å². The molecule has 5 rings (SSSR count). The summed E-state index contributed by atoms with van der Waals surface area (Å²) >= 11 is 3.45. The van der Waals surface area contributed by atoms with E-state index in [0.29, 0.717) is 12.3 Å². The molecule has 0 radical (unpaired) electrons. The van der Waals surface area contributed by atoms with Gasteiger partial charge in [0.25, 0.3) is 5.56 Å². The number of aromatic nitrogens is 4. The Bertz CT molecular complexity index is 1210. The van der Waals surface area contributed by atoms with E-state index in [1.165, 1.54) is 28.8 Å². The van der Waals surface area contributed by atoms with Gasteiger partial charge in [0.05, 0.1) is 5.39 Å². The third-order valence-electron chi connectivity index (χ3n) is 5.41. The molecule has 0 atom stereocenters. The van der Waals surface area contributed by atoms with Crippen molar-refractivity contribution in [2.75, 3.05) is 5.75 Å². The quantitative estimate of drug-likeness (QED) is 0.459. The van der Waals surface area contributed by atoms with Crippen LogP contribution in [0.4, 0.5) is 0 Å². The van der Waals surface area contributed by atoms with Gasteiger partial charge in [-0.3, -0.25) is 9.36 Å². The van der Waals surface area contributed by atoms with Crippen LogP contribution in [0.5, 0.6) is 0 Å². The predicted octanol–water partition coefficient (Wildman–Crippen LogP) is 4.34. The fourth-order valence-electron chi connectivity index (χ4n) is 4.08. The molecule has 0 fully saturated rings. The molecule has 0 bridgehead atoms. The average molecular weight is 411 g/mol. The van der Waals surface area contributed by atoms with Gasteiger partial charge in [-0.15, -0.1) is 21.5 Å². The zero-order valence-electron chi connectivity index (χ0n) is 15.9. The largest absolute Gasteiger partial charge is 0.276 e. The normalized spacial score (nSPS) is 14.0. The maximum atomic E-state index is 13.5. The van der Waals surface area contributed by atoms with Gasteiger partial charge in [-0.2, -0.15) is 0 Å². The van der Waals surface area contributed by atoms with E-state index < -0.39 is 0 Å². The summed E-state index contributed by atoms with van der Waals surface area (Å²) in [5.41, 5.74) is 2.59. The second-order valence-electron chi connectivity index (χ2n) is 7.13. The second kappa shape index (κ2) is 7.37. The first-order valence-corrected chi connectivity index (χ1v) is 11.7. The molecule has 28 heavy (non-hydrogen) atoms. The zero-order chi connectivity index (χ0) is 19.1. The Hall–Kier alpha value is -2.12. The van der Waals surface area contributed by atoms with Gasteiger partial charge in [-0.1, -0.05) is 49.0 Å². The summed E-state index contributed by atoms with van der Waals surface area (Å²) in [6, 6.07) is 10.3. The highest BCUT2D eigenvalue weighted by Crippen LogP contribution is 2.36. The van der Waals surface area contributed by atoms with Crippen molar-refractivity contribution in [3.63, 3.8) is 0 Å². The van der Waals surface area contributed by atoms with E-state index in [4.69, 9.17) is 0 Å². The van der Waals surface area contributed by atoms with Crippen LogP contribution in [0.3, 0.4) is 0 Å². The maximum Gasteiger partial charge on any atom is 0.263 e. The van der Waals surface area contributed by atoms with Crippen LogP contribution in [-0.2, 0) is 25.8 Å². The van der Waals surface area contributed by atoms with Crippen molar-refractivity contribution in [1.29, 1.82) is 0 Å². The summed E-state index contributed by atoms with van der Waals surface area (Å²) in [6.45, 7) is 2.73. The van der Waals surface area contributed by atoms with E-state index in [0.717, 1.165) is 40.4 Å². The molecule has 1 aliphatic rings. The van der Waals surface area contributed by atoms with E-state index in [1.807, 2.05) is 22.8 Å². The van der Waals surface area contributed by atoms with Crippen molar-refractivity contribution in [2.24, 2.45) is 0 Å². The average Bonchev–Trinajstić information content (AvgIpc) is 3.30. The Morgan fingerprint density at radius 2 is 1.96 bits per heavy atom. The molecule has 5 nitrogen and oxygen atoms in total. The number of fused-ring (bicyclic) bond motifs is 5. The van der Waals surface area contributed by atoms with Crippen molar-refractivity contribution in [2.45, 2.75) is 50.7 Å². The van der Waals surface area contributed by atoms with Crippen molar-refractivity contribution in [1.82, 2.24) is 19.2 Å². The smallest absolute Gasteiger partial charge is 0.263 e. The van der Waals surface area contributed by atoms with Gasteiger partial charge in [-0.05, 0) is 49.0 Å².